The van der Waals surface area contributed by atoms with Crippen LogP contribution in [0.1, 0.15) is 30.7 Å². The normalized spacial score (nSPS) is 17.5. The van der Waals surface area contributed by atoms with Crippen LogP contribution in [0.25, 0.3) is 0 Å². The zero-order valence-electron chi connectivity index (χ0n) is 6.69. The van der Waals surface area contributed by atoms with E-state index in [1.807, 2.05) is 6.07 Å². The molecule has 64 valence electrons. The largest absolute Gasteiger partial charge is 0.0843 e. The first kappa shape index (κ1) is 8.58. The molecule has 0 nitrogen and oxygen atoms in total. The first-order valence-corrected chi connectivity index (χ1v) is 5.39. The van der Waals surface area contributed by atoms with Crippen molar-refractivity contribution in [3.05, 3.63) is 33.3 Å². The predicted molar refractivity (Wildman–Crippen MR) is 55.7 cm³/mol. The first-order valence-electron chi connectivity index (χ1n) is 4.22. The van der Waals surface area contributed by atoms with Crippen LogP contribution in [0.15, 0.2) is 22.7 Å². The van der Waals surface area contributed by atoms with Crippen LogP contribution in [0.4, 0.5) is 0 Å². The highest BCUT2D eigenvalue weighted by atomic mass is 79.9. The number of hydrogen-bond acceptors (Lipinski definition) is 0. The second-order valence-corrected chi connectivity index (χ2v) is 4.68. The van der Waals surface area contributed by atoms with E-state index in [2.05, 4.69) is 28.1 Å². The molecule has 1 aliphatic rings. The predicted octanol–water partition coefficient (Wildman–Crippen LogP) is 4.37. The molecule has 2 heteroatoms. The van der Waals surface area contributed by atoms with Gasteiger partial charge in [-0.1, -0.05) is 34.0 Å². The zero-order valence-corrected chi connectivity index (χ0v) is 9.03. The third-order valence-corrected chi connectivity index (χ3v) is 3.14. The van der Waals surface area contributed by atoms with Crippen molar-refractivity contribution in [2.24, 2.45) is 0 Å². The van der Waals surface area contributed by atoms with Crippen molar-refractivity contribution in [3.63, 3.8) is 0 Å². The average Bonchev–Trinajstić information content (AvgIpc) is 1.79. The van der Waals surface area contributed by atoms with Gasteiger partial charge in [0.2, 0.25) is 0 Å². The van der Waals surface area contributed by atoms with Crippen LogP contribution in [0.5, 0.6) is 0 Å². The fourth-order valence-electron chi connectivity index (χ4n) is 1.55. The molecule has 0 unspecified atom stereocenters. The van der Waals surface area contributed by atoms with Gasteiger partial charge in [0.25, 0.3) is 0 Å². The van der Waals surface area contributed by atoms with Crippen molar-refractivity contribution in [2.45, 2.75) is 25.2 Å². The van der Waals surface area contributed by atoms with Crippen LogP contribution in [0.2, 0.25) is 5.02 Å². The van der Waals surface area contributed by atoms with Crippen LogP contribution < -0.4 is 0 Å². The summed E-state index contributed by atoms with van der Waals surface area (Å²) in [6.07, 6.45) is 4.02. The lowest BCUT2D eigenvalue weighted by Crippen LogP contribution is -2.08. The number of rotatable bonds is 1. The van der Waals surface area contributed by atoms with Gasteiger partial charge in [-0.3, -0.25) is 0 Å². The molecule has 0 radical (unpaired) electrons. The van der Waals surface area contributed by atoms with Gasteiger partial charge in [-0.05, 0) is 42.5 Å². The van der Waals surface area contributed by atoms with E-state index >= 15 is 0 Å². The fourth-order valence-corrected chi connectivity index (χ4v) is 2.44. The Morgan fingerprint density at radius 2 is 2.00 bits per heavy atom. The van der Waals surface area contributed by atoms with E-state index in [4.69, 9.17) is 11.6 Å². The SMILES string of the molecule is Clc1cc(Br)cc(C2CCC2)c1. The summed E-state index contributed by atoms with van der Waals surface area (Å²) in [7, 11) is 0. The molecule has 2 rings (SSSR count). The molecule has 1 saturated carbocycles. The molecule has 0 saturated heterocycles. The maximum atomic E-state index is 5.95. The maximum absolute atomic E-state index is 5.95. The molecule has 0 spiro atoms. The Morgan fingerprint density at radius 3 is 2.50 bits per heavy atom. The summed E-state index contributed by atoms with van der Waals surface area (Å²) in [4.78, 5) is 0. The Balaban J connectivity index is 2.30. The van der Waals surface area contributed by atoms with Crippen molar-refractivity contribution < 1.29 is 0 Å². The highest BCUT2D eigenvalue weighted by Gasteiger charge is 2.19. The quantitative estimate of drug-likeness (QED) is 0.689. The average molecular weight is 246 g/mol. The molecule has 0 heterocycles. The van der Waals surface area contributed by atoms with Crippen LogP contribution in [0, 0.1) is 0 Å². The third-order valence-electron chi connectivity index (χ3n) is 2.46. The molecule has 1 fully saturated rings. The molecule has 0 N–H and O–H groups in total. The van der Waals surface area contributed by atoms with Gasteiger partial charge in [-0.15, -0.1) is 0 Å². The molecule has 0 atom stereocenters. The topological polar surface area (TPSA) is 0 Å². The molecule has 1 aromatic rings. The molecule has 0 aliphatic heterocycles. The number of halogens is 2. The van der Waals surface area contributed by atoms with Crippen molar-refractivity contribution >= 4 is 27.5 Å². The van der Waals surface area contributed by atoms with Crippen LogP contribution in [0.3, 0.4) is 0 Å². The lowest BCUT2D eigenvalue weighted by molar-refractivity contribution is 0.419. The van der Waals surface area contributed by atoms with Gasteiger partial charge in [0, 0.05) is 9.50 Å². The monoisotopic (exact) mass is 244 g/mol. The van der Waals surface area contributed by atoms with E-state index in [-0.39, 0.29) is 0 Å². The van der Waals surface area contributed by atoms with Gasteiger partial charge >= 0.3 is 0 Å². The van der Waals surface area contributed by atoms with E-state index in [1.165, 1.54) is 24.8 Å². The highest BCUT2D eigenvalue weighted by Crippen LogP contribution is 2.38. The summed E-state index contributed by atoms with van der Waals surface area (Å²) in [6.45, 7) is 0. The fraction of sp³-hybridized carbons (Fsp3) is 0.400. The minimum atomic E-state index is 0.764. The Kier molecular flexibility index (Phi) is 2.42. The first-order chi connectivity index (χ1) is 5.75. The van der Waals surface area contributed by atoms with E-state index in [9.17, 15) is 0 Å². The lowest BCUT2D eigenvalue weighted by Gasteiger charge is -2.26. The Bertz CT molecular complexity index is 272. The molecule has 0 bridgehead atoms. The van der Waals surface area contributed by atoms with Gasteiger partial charge in [0.15, 0.2) is 0 Å². The third kappa shape index (κ3) is 1.67. The second kappa shape index (κ2) is 3.39. The summed E-state index contributed by atoms with van der Waals surface area (Å²) in [5.74, 6) is 0.764. The van der Waals surface area contributed by atoms with Crippen molar-refractivity contribution in [1.29, 1.82) is 0 Å². The molecule has 12 heavy (non-hydrogen) atoms. The van der Waals surface area contributed by atoms with Crippen LogP contribution in [-0.4, -0.2) is 0 Å². The smallest absolute Gasteiger partial charge is 0.0420 e. The number of benzene rings is 1. The molecule has 1 aliphatic carbocycles. The minimum absolute atomic E-state index is 0.764. The Hall–Kier alpha value is -0.0100. The summed E-state index contributed by atoms with van der Waals surface area (Å²) in [6, 6.07) is 6.19. The van der Waals surface area contributed by atoms with Crippen molar-refractivity contribution in [2.75, 3.05) is 0 Å². The summed E-state index contributed by atoms with van der Waals surface area (Å²) >= 11 is 9.40. The molecule has 1 aromatic carbocycles. The van der Waals surface area contributed by atoms with E-state index < -0.39 is 0 Å². The minimum Gasteiger partial charge on any atom is -0.0843 e. The standard InChI is InChI=1S/C10H10BrCl/c11-9-4-8(5-10(12)6-9)7-2-1-3-7/h4-7H,1-3H2. The van der Waals surface area contributed by atoms with Gasteiger partial charge in [0.05, 0.1) is 0 Å². The zero-order chi connectivity index (χ0) is 8.55. The van der Waals surface area contributed by atoms with E-state index in [0.29, 0.717) is 0 Å². The number of hydrogen-bond donors (Lipinski definition) is 0. The van der Waals surface area contributed by atoms with Gasteiger partial charge < -0.3 is 0 Å². The maximum Gasteiger partial charge on any atom is 0.0420 e. The van der Waals surface area contributed by atoms with Gasteiger partial charge in [-0.2, -0.15) is 0 Å². The molecular formula is C10H10BrCl. The van der Waals surface area contributed by atoms with Gasteiger partial charge in [0.1, 0.15) is 0 Å². The summed E-state index contributed by atoms with van der Waals surface area (Å²) in [5.41, 5.74) is 1.39. The highest BCUT2D eigenvalue weighted by molar-refractivity contribution is 9.10. The second-order valence-electron chi connectivity index (χ2n) is 3.33. The van der Waals surface area contributed by atoms with Crippen LogP contribution >= 0.6 is 27.5 Å². The Labute approximate surface area is 86.1 Å². The Morgan fingerprint density at radius 1 is 1.25 bits per heavy atom. The molecular weight excluding hydrogens is 235 g/mol. The molecule has 0 amide bonds. The molecule has 0 aromatic heterocycles. The summed E-state index contributed by atoms with van der Waals surface area (Å²) < 4.78 is 1.09. The van der Waals surface area contributed by atoms with E-state index in [0.717, 1.165) is 15.4 Å². The summed E-state index contributed by atoms with van der Waals surface area (Å²) in [5, 5.41) is 0.839. The van der Waals surface area contributed by atoms with E-state index in [1.54, 1.807) is 0 Å². The van der Waals surface area contributed by atoms with Crippen molar-refractivity contribution in [1.82, 2.24) is 0 Å². The van der Waals surface area contributed by atoms with Gasteiger partial charge in [-0.25, -0.2) is 0 Å². The van der Waals surface area contributed by atoms with Crippen LogP contribution in [-0.2, 0) is 0 Å². The van der Waals surface area contributed by atoms with Crippen molar-refractivity contribution in [3.8, 4) is 0 Å². The lowest BCUT2D eigenvalue weighted by atomic mass is 9.80.